The summed E-state index contributed by atoms with van der Waals surface area (Å²) in [6.07, 6.45) is 2.45. The molecule has 19 heavy (non-hydrogen) atoms. The molecule has 1 aliphatic heterocycles. The van der Waals surface area contributed by atoms with Crippen molar-refractivity contribution in [3.63, 3.8) is 0 Å². The highest BCUT2D eigenvalue weighted by Crippen LogP contribution is 2.31. The van der Waals surface area contributed by atoms with Crippen LogP contribution in [0.25, 0.3) is 0 Å². The van der Waals surface area contributed by atoms with Crippen molar-refractivity contribution >= 4 is 5.78 Å². The summed E-state index contributed by atoms with van der Waals surface area (Å²) < 4.78 is 12.7. The van der Waals surface area contributed by atoms with Crippen LogP contribution in [0.3, 0.4) is 0 Å². The Labute approximate surface area is 110 Å². The van der Waals surface area contributed by atoms with E-state index in [9.17, 15) is 4.79 Å². The number of hydrogen-bond donors (Lipinski definition) is 0. The molecule has 0 unspecified atom stereocenters. The van der Waals surface area contributed by atoms with Crippen molar-refractivity contribution in [1.29, 1.82) is 0 Å². The summed E-state index contributed by atoms with van der Waals surface area (Å²) in [5.41, 5.74) is 1.13. The zero-order valence-corrected chi connectivity index (χ0v) is 10.6. The molecule has 0 spiro atoms. The van der Waals surface area contributed by atoms with Gasteiger partial charge in [-0.25, -0.2) is 0 Å². The molecule has 0 saturated heterocycles. The Bertz CT molecular complexity index is 619. The van der Waals surface area contributed by atoms with E-state index < -0.39 is 0 Å². The Balaban J connectivity index is 1.96. The van der Waals surface area contributed by atoms with Crippen molar-refractivity contribution in [3.8, 4) is 11.5 Å². The molecule has 1 aromatic carbocycles. The zero-order chi connectivity index (χ0) is 13.2. The molecule has 1 aliphatic rings. The average molecular weight is 258 g/mol. The molecule has 2 aromatic rings. The molecule has 0 fully saturated rings. The first-order valence-electron chi connectivity index (χ1n) is 6.18. The van der Waals surface area contributed by atoms with E-state index in [1.165, 1.54) is 0 Å². The molecular weight excluding hydrogens is 244 g/mol. The van der Waals surface area contributed by atoms with Gasteiger partial charge in [-0.1, -0.05) is 0 Å². The van der Waals surface area contributed by atoms with Crippen molar-refractivity contribution in [2.75, 3.05) is 13.2 Å². The molecule has 0 radical (unpaired) electrons. The van der Waals surface area contributed by atoms with Crippen LogP contribution in [0.4, 0.5) is 0 Å². The molecular formula is C14H14N2O3. The summed E-state index contributed by atoms with van der Waals surface area (Å²) in [4.78, 5) is 12.3. The van der Waals surface area contributed by atoms with Gasteiger partial charge >= 0.3 is 0 Å². The Hall–Kier alpha value is -2.30. The van der Waals surface area contributed by atoms with Crippen LogP contribution in [-0.4, -0.2) is 28.8 Å². The summed E-state index contributed by atoms with van der Waals surface area (Å²) in [5.74, 6) is 1.25. The maximum Gasteiger partial charge on any atom is 0.211 e. The third-order valence-corrected chi connectivity index (χ3v) is 3.06. The van der Waals surface area contributed by atoms with Gasteiger partial charge in [-0.05, 0) is 24.3 Å². The lowest BCUT2D eigenvalue weighted by Crippen LogP contribution is -2.08. The number of ketones is 1. The van der Waals surface area contributed by atoms with Crippen LogP contribution >= 0.6 is 0 Å². The van der Waals surface area contributed by atoms with Gasteiger partial charge in [0, 0.05) is 25.2 Å². The molecule has 2 heterocycles. The molecule has 1 aromatic heterocycles. The van der Waals surface area contributed by atoms with Crippen molar-refractivity contribution in [1.82, 2.24) is 9.78 Å². The zero-order valence-electron chi connectivity index (χ0n) is 10.6. The highest BCUT2D eigenvalue weighted by atomic mass is 16.5. The normalized spacial score (nSPS) is 13.9. The maximum atomic E-state index is 12.3. The summed E-state index contributed by atoms with van der Waals surface area (Å²) in [6.45, 7) is 1.25. The van der Waals surface area contributed by atoms with E-state index in [1.54, 1.807) is 42.2 Å². The van der Waals surface area contributed by atoms with Crippen LogP contribution in [0.5, 0.6) is 11.5 Å². The number of carbonyl (C=O) groups is 1. The molecule has 98 valence electrons. The third kappa shape index (κ3) is 2.19. The molecule has 0 atom stereocenters. The van der Waals surface area contributed by atoms with E-state index in [-0.39, 0.29) is 5.78 Å². The fourth-order valence-electron chi connectivity index (χ4n) is 2.05. The monoisotopic (exact) mass is 258 g/mol. The molecule has 0 bridgehead atoms. The van der Waals surface area contributed by atoms with Crippen LogP contribution < -0.4 is 9.47 Å². The SMILES string of the molecule is Cn1nccc1C(=O)c1ccc2c(c1)OCCCO2. The standard InChI is InChI=1S/C14H14N2O3/c1-16-11(5-6-15-16)14(17)10-3-4-12-13(9-10)19-8-2-7-18-12/h3-6,9H,2,7-8H2,1H3. The number of benzene rings is 1. The molecule has 5 heteroatoms. The van der Waals surface area contributed by atoms with Gasteiger partial charge in [0.05, 0.1) is 13.2 Å². The number of fused-ring (bicyclic) bond motifs is 1. The maximum absolute atomic E-state index is 12.3. The molecule has 0 saturated carbocycles. The second kappa shape index (κ2) is 4.76. The highest BCUT2D eigenvalue weighted by Gasteiger charge is 2.17. The van der Waals surface area contributed by atoms with Gasteiger partial charge in [0.15, 0.2) is 11.5 Å². The van der Waals surface area contributed by atoms with Crippen LogP contribution in [0.15, 0.2) is 30.5 Å². The lowest BCUT2D eigenvalue weighted by molar-refractivity contribution is 0.103. The van der Waals surface area contributed by atoms with Gasteiger partial charge in [0.2, 0.25) is 5.78 Å². The molecule has 5 nitrogen and oxygen atoms in total. The fraction of sp³-hybridized carbons (Fsp3) is 0.286. The van der Waals surface area contributed by atoms with Crippen LogP contribution in [-0.2, 0) is 7.05 Å². The van der Waals surface area contributed by atoms with E-state index in [0.717, 1.165) is 6.42 Å². The second-order valence-electron chi connectivity index (χ2n) is 4.38. The number of aryl methyl sites for hydroxylation is 1. The number of nitrogens with zero attached hydrogens (tertiary/aromatic N) is 2. The van der Waals surface area contributed by atoms with E-state index in [1.807, 2.05) is 0 Å². The summed E-state index contributed by atoms with van der Waals surface area (Å²) in [7, 11) is 1.75. The first-order valence-corrected chi connectivity index (χ1v) is 6.18. The lowest BCUT2D eigenvalue weighted by atomic mass is 10.1. The Kier molecular flexibility index (Phi) is 2.95. The molecule has 0 aliphatic carbocycles. The van der Waals surface area contributed by atoms with Crippen LogP contribution in [0.2, 0.25) is 0 Å². The fourth-order valence-corrected chi connectivity index (χ4v) is 2.05. The number of aromatic nitrogens is 2. The van der Waals surface area contributed by atoms with Crippen molar-refractivity contribution in [3.05, 3.63) is 41.7 Å². The smallest absolute Gasteiger partial charge is 0.211 e. The van der Waals surface area contributed by atoms with Gasteiger partial charge in [-0.2, -0.15) is 5.10 Å². The predicted octanol–water partition coefficient (Wildman–Crippen LogP) is 1.81. The number of hydrogen-bond acceptors (Lipinski definition) is 4. The highest BCUT2D eigenvalue weighted by molar-refractivity contribution is 6.08. The summed E-state index contributed by atoms with van der Waals surface area (Å²) in [5, 5.41) is 4.01. The molecule has 0 amide bonds. The van der Waals surface area contributed by atoms with Crippen LogP contribution in [0, 0.1) is 0 Å². The largest absolute Gasteiger partial charge is 0.490 e. The Morgan fingerprint density at radius 2 is 2.00 bits per heavy atom. The van der Waals surface area contributed by atoms with Gasteiger partial charge in [0.1, 0.15) is 5.69 Å². The quantitative estimate of drug-likeness (QED) is 0.771. The lowest BCUT2D eigenvalue weighted by Gasteiger charge is -2.08. The topological polar surface area (TPSA) is 53.4 Å². The Morgan fingerprint density at radius 3 is 2.74 bits per heavy atom. The minimum atomic E-state index is -0.0735. The van der Waals surface area contributed by atoms with Gasteiger partial charge in [-0.15, -0.1) is 0 Å². The van der Waals surface area contributed by atoms with Gasteiger partial charge in [0.25, 0.3) is 0 Å². The number of rotatable bonds is 2. The van der Waals surface area contributed by atoms with E-state index >= 15 is 0 Å². The Morgan fingerprint density at radius 1 is 1.21 bits per heavy atom. The minimum Gasteiger partial charge on any atom is -0.490 e. The summed E-state index contributed by atoms with van der Waals surface area (Å²) in [6, 6.07) is 6.97. The van der Waals surface area contributed by atoms with E-state index in [4.69, 9.17) is 9.47 Å². The molecule has 3 rings (SSSR count). The first kappa shape index (κ1) is 11.8. The average Bonchev–Trinajstić information content (AvgIpc) is 2.72. The number of ether oxygens (including phenoxy) is 2. The molecule has 0 N–H and O–H groups in total. The first-order chi connectivity index (χ1) is 9.25. The minimum absolute atomic E-state index is 0.0735. The second-order valence-corrected chi connectivity index (χ2v) is 4.38. The van der Waals surface area contributed by atoms with Crippen molar-refractivity contribution < 1.29 is 14.3 Å². The van der Waals surface area contributed by atoms with Crippen molar-refractivity contribution in [2.24, 2.45) is 7.05 Å². The predicted molar refractivity (Wildman–Crippen MR) is 68.7 cm³/mol. The number of carbonyl (C=O) groups excluding carboxylic acids is 1. The third-order valence-electron chi connectivity index (χ3n) is 3.06. The van der Waals surface area contributed by atoms with E-state index in [2.05, 4.69) is 5.10 Å². The van der Waals surface area contributed by atoms with Crippen LogP contribution in [0.1, 0.15) is 22.5 Å². The van der Waals surface area contributed by atoms with Gasteiger partial charge in [-0.3, -0.25) is 9.48 Å². The van der Waals surface area contributed by atoms with Gasteiger partial charge < -0.3 is 9.47 Å². The van der Waals surface area contributed by atoms with Crippen molar-refractivity contribution in [2.45, 2.75) is 6.42 Å². The summed E-state index contributed by atoms with van der Waals surface area (Å²) >= 11 is 0. The van der Waals surface area contributed by atoms with E-state index in [0.29, 0.717) is 36.0 Å².